The van der Waals surface area contributed by atoms with Gasteiger partial charge in [-0.3, -0.25) is 4.79 Å². The molecule has 1 aromatic heterocycles. The molecule has 1 heterocycles. The lowest BCUT2D eigenvalue weighted by Gasteiger charge is -2.19. The number of aliphatic hydroxyl groups is 1. The zero-order valence-electron chi connectivity index (χ0n) is 13.1. The quantitative estimate of drug-likeness (QED) is 0.941. The number of hydrogen-bond acceptors (Lipinski definition) is 2. The first-order valence-electron chi connectivity index (χ1n) is 8.20. The Kier molecular flexibility index (Phi) is 4.44. The molecule has 3 nitrogen and oxygen atoms in total. The minimum Gasteiger partial charge on any atom is -0.391 e. The predicted octanol–water partition coefficient (Wildman–Crippen LogP) is 3.30. The summed E-state index contributed by atoms with van der Waals surface area (Å²) < 4.78 is 1.80. The molecule has 0 radical (unpaired) electrons. The van der Waals surface area contributed by atoms with E-state index < -0.39 is 0 Å². The van der Waals surface area contributed by atoms with Gasteiger partial charge >= 0.3 is 0 Å². The molecule has 0 aliphatic heterocycles. The van der Waals surface area contributed by atoms with E-state index in [1.807, 2.05) is 6.07 Å². The number of pyridine rings is 1. The van der Waals surface area contributed by atoms with Crippen LogP contribution in [0.2, 0.25) is 0 Å². The standard InChI is InChI=1S/C19H23NO2/c1-2-11-20-18(10-9-17(13-21)19(20)22)16-8-7-14-5-3-4-6-15(14)12-16/h7-10,12,21H,2-6,11,13H2,1H3. The van der Waals surface area contributed by atoms with Gasteiger partial charge in [0.2, 0.25) is 0 Å². The first-order valence-corrected chi connectivity index (χ1v) is 8.20. The summed E-state index contributed by atoms with van der Waals surface area (Å²) in [6.45, 7) is 2.54. The predicted molar refractivity (Wildman–Crippen MR) is 89.0 cm³/mol. The molecular formula is C19H23NO2. The molecule has 0 amide bonds. The molecular weight excluding hydrogens is 274 g/mol. The average molecular weight is 297 g/mol. The van der Waals surface area contributed by atoms with E-state index >= 15 is 0 Å². The Morgan fingerprint density at radius 3 is 2.59 bits per heavy atom. The summed E-state index contributed by atoms with van der Waals surface area (Å²) in [7, 11) is 0. The van der Waals surface area contributed by atoms with Crippen LogP contribution in [-0.2, 0) is 26.0 Å². The van der Waals surface area contributed by atoms with Gasteiger partial charge in [-0.1, -0.05) is 19.1 Å². The van der Waals surface area contributed by atoms with E-state index in [-0.39, 0.29) is 12.2 Å². The molecule has 3 heteroatoms. The largest absolute Gasteiger partial charge is 0.391 e. The maximum absolute atomic E-state index is 12.5. The fraction of sp³-hybridized carbons (Fsp3) is 0.421. The molecule has 3 rings (SSSR count). The molecule has 0 spiro atoms. The SMILES string of the molecule is CCCn1c(-c2ccc3c(c2)CCCC3)ccc(CO)c1=O. The summed E-state index contributed by atoms with van der Waals surface area (Å²) in [4.78, 5) is 12.5. The minimum absolute atomic E-state index is 0.0698. The smallest absolute Gasteiger partial charge is 0.256 e. The topological polar surface area (TPSA) is 42.2 Å². The lowest BCUT2D eigenvalue weighted by atomic mass is 9.90. The van der Waals surface area contributed by atoms with E-state index in [1.165, 1.54) is 30.4 Å². The van der Waals surface area contributed by atoms with Crippen LogP contribution in [0, 0.1) is 0 Å². The molecule has 0 atom stereocenters. The second kappa shape index (κ2) is 6.49. The molecule has 0 saturated carbocycles. The number of aromatic nitrogens is 1. The highest BCUT2D eigenvalue weighted by Gasteiger charge is 2.13. The van der Waals surface area contributed by atoms with Gasteiger partial charge in [-0.15, -0.1) is 0 Å². The Morgan fingerprint density at radius 2 is 1.86 bits per heavy atom. The van der Waals surface area contributed by atoms with Gasteiger partial charge in [0.1, 0.15) is 0 Å². The van der Waals surface area contributed by atoms with Crippen molar-refractivity contribution in [3.63, 3.8) is 0 Å². The Labute approximate surface area is 131 Å². The van der Waals surface area contributed by atoms with Crippen molar-refractivity contribution >= 4 is 0 Å². The number of fused-ring (bicyclic) bond motifs is 1. The second-order valence-corrected chi connectivity index (χ2v) is 6.05. The lowest BCUT2D eigenvalue weighted by molar-refractivity contribution is 0.279. The van der Waals surface area contributed by atoms with Gasteiger partial charge in [-0.05, 0) is 67.0 Å². The van der Waals surface area contributed by atoms with Gasteiger partial charge in [0.25, 0.3) is 5.56 Å². The molecule has 0 saturated heterocycles. The summed E-state index contributed by atoms with van der Waals surface area (Å²) in [6, 6.07) is 10.3. The summed E-state index contributed by atoms with van der Waals surface area (Å²) in [5, 5.41) is 9.32. The summed E-state index contributed by atoms with van der Waals surface area (Å²) >= 11 is 0. The van der Waals surface area contributed by atoms with Gasteiger partial charge in [0.15, 0.2) is 0 Å². The van der Waals surface area contributed by atoms with E-state index in [9.17, 15) is 9.90 Å². The number of benzene rings is 1. The summed E-state index contributed by atoms with van der Waals surface area (Å²) in [6.07, 6.45) is 5.73. The van der Waals surface area contributed by atoms with Gasteiger partial charge in [-0.2, -0.15) is 0 Å². The number of aliphatic hydroxyl groups excluding tert-OH is 1. The number of hydrogen-bond donors (Lipinski definition) is 1. The van der Waals surface area contributed by atoms with Crippen LogP contribution in [-0.4, -0.2) is 9.67 Å². The molecule has 2 aromatic rings. The third-order valence-corrected chi connectivity index (χ3v) is 4.51. The first kappa shape index (κ1) is 15.0. The highest BCUT2D eigenvalue weighted by atomic mass is 16.3. The van der Waals surface area contributed by atoms with Gasteiger partial charge in [-0.25, -0.2) is 0 Å². The van der Waals surface area contributed by atoms with Crippen LogP contribution in [0.1, 0.15) is 42.9 Å². The van der Waals surface area contributed by atoms with E-state index in [1.54, 1.807) is 10.6 Å². The van der Waals surface area contributed by atoms with Crippen LogP contribution in [0.5, 0.6) is 0 Å². The normalized spacial score (nSPS) is 13.9. The van der Waals surface area contributed by atoms with Crippen LogP contribution < -0.4 is 5.56 Å². The maximum atomic E-state index is 12.5. The average Bonchev–Trinajstić information content (AvgIpc) is 2.56. The van der Waals surface area contributed by atoms with Crippen molar-refractivity contribution in [3.05, 3.63) is 57.4 Å². The van der Waals surface area contributed by atoms with Crippen molar-refractivity contribution < 1.29 is 5.11 Å². The fourth-order valence-corrected chi connectivity index (χ4v) is 3.33. The Morgan fingerprint density at radius 1 is 1.09 bits per heavy atom. The van der Waals surface area contributed by atoms with Crippen LogP contribution in [0.4, 0.5) is 0 Å². The van der Waals surface area contributed by atoms with Crippen LogP contribution in [0.3, 0.4) is 0 Å². The maximum Gasteiger partial charge on any atom is 0.256 e. The van der Waals surface area contributed by atoms with E-state index in [0.717, 1.165) is 24.1 Å². The second-order valence-electron chi connectivity index (χ2n) is 6.05. The van der Waals surface area contributed by atoms with Crippen molar-refractivity contribution in [2.24, 2.45) is 0 Å². The molecule has 1 aliphatic rings. The summed E-state index contributed by atoms with van der Waals surface area (Å²) in [5.41, 5.74) is 5.33. The zero-order valence-corrected chi connectivity index (χ0v) is 13.1. The van der Waals surface area contributed by atoms with Crippen LogP contribution in [0.25, 0.3) is 11.3 Å². The molecule has 1 aromatic carbocycles. The zero-order chi connectivity index (χ0) is 15.5. The van der Waals surface area contributed by atoms with Crippen LogP contribution in [0.15, 0.2) is 35.1 Å². The molecule has 22 heavy (non-hydrogen) atoms. The molecule has 1 N–H and O–H groups in total. The van der Waals surface area contributed by atoms with Crippen molar-refractivity contribution in [1.29, 1.82) is 0 Å². The fourth-order valence-electron chi connectivity index (χ4n) is 3.33. The highest BCUT2D eigenvalue weighted by molar-refractivity contribution is 5.62. The van der Waals surface area contributed by atoms with Crippen molar-refractivity contribution in [2.75, 3.05) is 0 Å². The molecule has 116 valence electrons. The van der Waals surface area contributed by atoms with Crippen molar-refractivity contribution in [2.45, 2.75) is 52.2 Å². The number of aryl methyl sites for hydroxylation is 2. The first-order chi connectivity index (χ1) is 10.7. The molecule has 1 aliphatic carbocycles. The minimum atomic E-state index is -0.201. The van der Waals surface area contributed by atoms with Crippen molar-refractivity contribution in [1.82, 2.24) is 4.57 Å². The third-order valence-electron chi connectivity index (χ3n) is 4.51. The molecule has 0 fully saturated rings. The molecule has 0 unspecified atom stereocenters. The van der Waals surface area contributed by atoms with E-state index in [0.29, 0.717) is 12.1 Å². The van der Waals surface area contributed by atoms with Gasteiger partial charge in [0.05, 0.1) is 12.3 Å². The van der Waals surface area contributed by atoms with Crippen LogP contribution >= 0.6 is 0 Å². The van der Waals surface area contributed by atoms with E-state index in [2.05, 4.69) is 25.1 Å². The Bertz CT molecular complexity index is 731. The Balaban J connectivity index is 2.11. The monoisotopic (exact) mass is 297 g/mol. The van der Waals surface area contributed by atoms with Gasteiger partial charge in [0, 0.05) is 12.1 Å². The lowest BCUT2D eigenvalue weighted by Crippen LogP contribution is -2.25. The number of rotatable bonds is 4. The molecule has 0 bridgehead atoms. The number of nitrogens with zero attached hydrogens (tertiary/aromatic N) is 1. The summed E-state index contributed by atoms with van der Waals surface area (Å²) in [5.74, 6) is 0. The third kappa shape index (κ3) is 2.73. The van der Waals surface area contributed by atoms with E-state index in [4.69, 9.17) is 0 Å². The van der Waals surface area contributed by atoms with Gasteiger partial charge < -0.3 is 9.67 Å². The Hall–Kier alpha value is -1.87. The highest BCUT2D eigenvalue weighted by Crippen LogP contribution is 2.27. The van der Waals surface area contributed by atoms with Crippen molar-refractivity contribution in [3.8, 4) is 11.3 Å².